The minimum atomic E-state index is -0.153. The maximum Gasteiger partial charge on any atom is 0.130 e. The van der Waals surface area contributed by atoms with Crippen molar-refractivity contribution in [2.24, 2.45) is 0 Å². The number of aliphatic hydroxyl groups is 1. The van der Waals surface area contributed by atoms with Gasteiger partial charge in [-0.1, -0.05) is 19.8 Å². The molecule has 1 saturated carbocycles. The lowest BCUT2D eigenvalue weighted by molar-refractivity contribution is 0.214. The average Bonchev–Trinajstić information content (AvgIpc) is 2.78. The summed E-state index contributed by atoms with van der Waals surface area (Å²) < 4.78 is 0. The van der Waals surface area contributed by atoms with Crippen LogP contribution in [0, 0.1) is 0 Å². The molecule has 0 radical (unpaired) electrons. The Kier molecular flexibility index (Phi) is 3.39. The SMILES string of the molecule is CCc1cc(NC2(CO)CCCC2)ncn1. The number of nitrogens with zero attached hydrogens (tertiary/aromatic N) is 2. The van der Waals surface area contributed by atoms with E-state index in [0.717, 1.165) is 30.8 Å². The van der Waals surface area contributed by atoms with Gasteiger partial charge in [-0.2, -0.15) is 0 Å². The van der Waals surface area contributed by atoms with Gasteiger partial charge in [0.05, 0.1) is 12.1 Å². The van der Waals surface area contributed by atoms with Gasteiger partial charge in [-0.25, -0.2) is 9.97 Å². The minimum Gasteiger partial charge on any atom is -0.394 e. The van der Waals surface area contributed by atoms with Crippen molar-refractivity contribution in [3.63, 3.8) is 0 Å². The molecule has 1 fully saturated rings. The quantitative estimate of drug-likeness (QED) is 0.813. The van der Waals surface area contributed by atoms with Crippen LogP contribution in [-0.4, -0.2) is 27.2 Å². The summed E-state index contributed by atoms with van der Waals surface area (Å²) in [5.74, 6) is 0.836. The van der Waals surface area contributed by atoms with Crippen molar-refractivity contribution >= 4 is 5.82 Å². The predicted molar refractivity (Wildman–Crippen MR) is 63.3 cm³/mol. The number of aliphatic hydroxyl groups excluding tert-OH is 1. The second-order valence-electron chi connectivity index (χ2n) is 4.52. The van der Waals surface area contributed by atoms with Crippen molar-refractivity contribution in [1.29, 1.82) is 0 Å². The summed E-state index contributed by atoms with van der Waals surface area (Å²) in [5.41, 5.74) is 0.878. The van der Waals surface area contributed by atoms with Gasteiger partial charge in [0, 0.05) is 11.8 Å². The third-order valence-electron chi connectivity index (χ3n) is 3.34. The Balaban J connectivity index is 2.12. The molecule has 2 N–H and O–H groups in total. The van der Waals surface area contributed by atoms with Crippen LogP contribution in [0.1, 0.15) is 38.3 Å². The Bertz CT molecular complexity index is 348. The lowest BCUT2D eigenvalue weighted by atomic mass is 9.99. The van der Waals surface area contributed by atoms with E-state index >= 15 is 0 Å². The number of hydrogen-bond donors (Lipinski definition) is 2. The Morgan fingerprint density at radius 2 is 2.12 bits per heavy atom. The van der Waals surface area contributed by atoms with E-state index in [1.807, 2.05) is 6.07 Å². The first kappa shape index (κ1) is 11.3. The van der Waals surface area contributed by atoms with Gasteiger partial charge in [0.25, 0.3) is 0 Å². The summed E-state index contributed by atoms with van der Waals surface area (Å²) in [6.45, 7) is 2.25. The second kappa shape index (κ2) is 4.78. The molecule has 0 aliphatic heterocycles. The molecule has 0 amide bonds. The molecule has 0 unspecified atom stereocenters. The number of nitrogens with one attached hydrogen (secondary N) is 1. The summed E-state index contributed by atoms with van der Waals surface area (Å²) in [4.78, 5) is 8.38. The average molecular weight is 221 g/mol. The highest BCUT2D eigenvalue weighted by atomic mass is 16.3. The number of rotatable bonds is 4. The normalized spacial score (nSPS) is 18.6. The first-order chi connectivity index (χ1) is 7.78. The van der Waals surface area contributed by atoms with Gasteiger partial charge in [0.15, 0.2) is 0 Å². The highest BCUT2D eigenvalue weighted by molar-refractivity contribution is 5.38. The van der Waals surface area contributed by atoms with Crippen molar-refractivity contribution in [2.75, 3.05) is 11.9 Å². The fraction of sp³-hybridized carbons (Fsp3) is 0.667. The van der Waals surface area contributed by atoms with E-state index in [9.17, 15) is 5.11 Å². The molecule has 1 aliphatic carbocycles. The largest absolute Gasteiger partial charge is 0.394 e. The Morgan fingerprint density at radius 3 is 2.75 bits per heavy atom. The van der Waals surface area contributed by atoms with Gasteiger partial charge in [-0.3, -0.25) is 0 Å². The Hall–Kier alpha value is -1.16. The zero-order chi connectivity index (χ0) is 11.4. The van der Waals surface area contributed by atoms with Crippen LogP contribution in [0.3, 0.4) is 0 Å². The van der Waals surface area contributed by atoms with Crippen LogP contribution in [0.2, 0.25) is 0 Å². The summed E-state index contributed by atoms with van der Waals surface area (Å²) in [6, 6.07) is 1.97. The third-order valence-corrected chi connectivity index (χ3v) is 3.34. The van der Waals surface area contributed by atoms with Crippen LogP contribution in [-0.2, 0) is 6.42 Å². The highest BCUT2D eigenvalue weighted by Gasteiger charge is 2.33. The molecule has 0 saturated heterocycles. The Morgan fingerprint density at radius 1 is 1.38 bits per heavy atom. The molecular formula is C12H19N3O. The Labute approximate surface area is 96.1 Å². The standard InChI is InChI=1S/C12H19N3O/c1-2-10-7-11(14-9-13-10)15-12(8-16)5-3-4-6-12/h7,9,16H,2-6,8H2,1H3,(H,13,14,15). The summed E-state index contributed by atoms with van der Waals surface area (Å²) in [7, 11) is 0. The first-order valence-corrected chi connectivity index (χ1v) is 5.98. The van der Waals surface area contributed by atoms with Gasteiger partial charge in [-0.05, 0) is 19.3 Å². The maximum atomic E-state index is 9.50. The summed E-state index contributed by atoms with van der Waals surface area (Å²) in [6.07, 6.45) is 6.90. The summed E-state index contributed by atoms with van der Waals surface area (Å²) >= 11 is 0. The molecule has 0 aromatic carbocycles. The molecule has 1 aromatic rings. The van der Waals surface area contributed by atoms with Gasteiger partial charge in [-0.15, -0.1) is 0 Å². The van der Waals surface area contributed by atoms with E-state index in [0.29, 0.717) is 0 Å². The third kappa shape index (κ3) is 2.32. The number of aryl methyl sites for hydroxylation is 1. The maximum absolute atomic E-state index is 9.50. The molecule has 88 valence electrons. The molecule has 0 bridgehead atoms. The topological polar surface area (TPSA) is 58.0 Å². The number of hydrogen-bond acceptors (Lipinski definition) is 4. The second-order valence-corrected chi connectivity index (χ2v) is 4.52. The van der Waals surface area contributed by atoms with Crippen molar-refractivity contribution in [2.45, 2.75) is 44.6 Å². The van der Waals surface area contributed by atoms with Crippen LogP contribution in [0.4, 0.5) is 5.82 Å². The molecule has 4 heteroatoms. The van der Waals surface area contributed by atoms with E-state index in [4.69, 9.17) is 0 Å². The van der Waals surface area contributed by atoms with E-state index < -0.39 is 0 Å². The van der Waals surface area contributed by atoms with Gasteiger partial charge in [0.1, 0.15) is 12.1 Å². The van der Waals surface area contributed by atoms with Gasteiger partial charge in [0.2, 0.25) is 0 Å². The van der Waals surface area contributed by atoms with Crippen LogP contribution in [0.25, 0.3) is 0 Å². The molecule has 1 aromatic heterocycles. The molecule has 0 atom stereocenters. The monoisotopic (exact) mass is 221 g/mol. The van der Waals surface area contributed by atoms with Gasteiger partial charge < -0.3 is 10.4 Å². The lowest BCUT2D eigenvalue weighted by Crippen LogP contribution is -2.39. The van der Waals surface area contributed by atoms with Crippen LogP contribution in [0.15, 0.2) is 12.4 Å². The first-order valence-electron chi connectivity index (χ1n) is 5.98. The fourth-order valence-electron chi connectivity index (χ4n) is 2.31. The molecule has 16 heavy (non-hydrogen) atoms. The fourth-order valence-corrected chi connectivity index (χ4v) is 2.31. The van der Waals surface area contributed by atoms with Crippen molar-refractivity contribution in [1.82, 2.24) is 9.97 Å². The lowest BCUT2D eigenvalue weighted by Gasteiger charge is -2.28. The van der Waals surface area contributed by atoms with E-state index in [-0.39, 0.29) is 12.1 Å². The van der Waals surface area contributed by atoms with Crippen LogP contribution < -0.4 is 5.32 Å². The van der Waals surface area contributed by atoms with E-state index in [2.05, 4.69) is 22.2 Å². The van der Waals surface area contributed by atoms with Gasteiger partial charge >= 0.3 is 0 Å². The molecule has 1 aliphatic rings. The molecule has 0 spiro atoms. The number of anilines is 1. The van der Waals surface area contributed by atoms with Crippen LogP contribution in [0.5, 0.6) is 0 Å². The van der Waals surface area contributed by atoms with E-state index in [1.165, 1.54) is 12.8 Å². The molecule has 4 nitrogen and oxygen atoms in total. The zero-order valence-corrected chi connectivity index (χ0v) is 9.74. The van der Waals surface area contributed by atoms with Crippen molar-refractivity contribution in [3.05, 3.63) is 18.1 Å². The molecule has 1 heterocycles. The van der Waals surface area contributed by atoms with Crippen molar-refractivity contribution < 1.29 is 5.11 Å². The minimum absolute atomic E-state index is 0.153. The van der Waals surface area contributed by atoms with Crippen LogP contribution >= 0.6 is 0 Å². The van der Waals surface area contributed by atoms with E-state index in [1.54, 1.807) is 6.33 Å². The molecule has 2 rings (SSSR count). The zero-order valence-electron chi connectivity index (χ0n) is 9.74. The summed E-state index contributed by atoms with van der Waals surface area (Å²) in [5, 5.41) is 12.9. The molecular weight excluding hydrogens is 202 g/mol. The predicted octanol–water partition coefficient (Wildman–Crippen LogP) is 1.76. The smallest absolute Gasteiger partial charge is 0.130 e. The van der Waals surface area contributed by atoms with Crippen molar-refractivity contribution in [3.8, 4) is 0 Å². The highest BCUT2D eigenvalue weighted by Crippen LogP contribution is 2.32. The number of aromatic nitrogens is 2.